The number of benzene rings is 1. The summed E-state index contributed by atoms with van der Waals surface area (Å²) in [6.45, 7) is 4.81. The molecule has 0 aliphatic heterocycles. The summed E-state index contributed by atoms with van der Waals surface area (Å²) >= 11 is 3.57. The third-order valence-electron chi connectivity index (χ3n) is 9.15. The number of hydrogen-bond acceptors (Lipinski definition) is 2. The number of rotatable bonds is 1. The molecule has 1 aromatic rings. The monoisotopic (exact) mass is 456 g/mol. The maximum absolute atomic E-state index is 11.4. The van der Waals surface area contributed by atoms with E-state index >= 15 is 0 Å². The highest BCUT2D eigenvalue weighted by molar-refractivity contribution is 9.10. The summed E-state index contributed by atoms with van der Waals surface area (Å²) in [5.41, 5.74) is 4.16. The highest BCUT2D eigenvalue weighted by Gasteiger charge is 2.59. The molecule has 4 aliphatic rings. The summed E-state index contributed by atoms with van der Waals surface area (Å²) < 4.78 is 1.08. The fraction of sp³-hybridized carbons (Fsp3) is 0.615. The van der Waals surface area contributed by atoms with Crippen molar-refractivity contribution in [3.05, 3.63) is 51.5 Å². The predicted octanol–water partition coefficient (Wildman–Crippen LogP) is 6.13. The Morgan fingerprint density at radius 3 is 2.69 bits per heavy atom. The zero-order chi connectivity index (χ0) is 20.4. The van der Waals surface area contributed by atoms with Crippen molar-refractivity contribution in [3.8, 4) is 0 Å². The minimum Gasteiger partial charge on any atom is -0.393 e. The molecule has 0 saturated heterocycles. The van der Waals surface area contributed by atoms with E-state index in [-0.39, 0.29) is 23.0 Å². The zero-order valence-electron chi connectivity index (χ0n) is 17.6. The molecule has 29 heavy (non-hydrogen) atoms. The molecule has 3 fully saturated rings. The van der Waals surface area contributed by atoms with Crippen molar-refractivity contribution in [1.82, 2.24) is 0 Å². The van der Waals surface area contributed by atoms with Crippen molar-refractivity contribution in [3.63, 3.8) is 0 Å². The third kappa shape index (κ3) is 3.11. The second kappa shape index (κ2) is 7.07. The summed E-state index contributed by atoms with van der Waals surface area (Å²) in [6.07, 6.45) is 11.6. The largest absolute Gasteiger partial charge is 0.393 e. The Morgan fingerprint density at radius 1 is 1.07 bits per heavy atom. The lowest BCUT2D eigenvalue weighted by Crippen LogP contribution is -2.51. The van der Waals surface area contributed by atoms with E-state index in [0.717, 1.165) is 43.0 Å². The Hall–Kier alpha value is -0.900. The van der Waals surface area contributed by atoms with E-state index in [1.807, 2.05) is 6.07 Å². The molecule has 4 aliphatic carbocycles. The Labute approximate surface area is 183 Å². The molecule has 5 rings (SSSR count). The van der Waals surface area contributed by atoms with Crippen molar-refractivity contribution in [2.75, 3.05) is 0 Å². The van der Waals surface area contributed by atoms with Gasteiger partial charge in [-0.15, -0.1) is 0 Å². The Bertz CT molecular complexity index is 873. The van der Waals surface area contributed by atoms with Gasteiger partial charge in [0.05, 0.1) is 12.2 Å². The number of allylic oxidation sites excluding steroid dienone is 1. The molecule has 7 atom stereocenters. The molecule has 0 radical (unpaired) electrons. The van der Waals surface area contributed by atoms with Crippen LogP contribution in [0.15, 0.2) is 46.0 Å². The highest BCUT2D eigenvalue weighted by atomic mass is 79.9. The number of hydrogen-bond donors (Lipinski definition) is 2. The molecule has 0 heterocycles. The molecular formula is C26H33BrO2. The normalized spacial score (nSPS) is 45.3. The van der Waals surface area contributed by atoms with E-state index in [1.165, 1.54) is 23.1 Å². The van der Waals surface area contributed by atoms with Crippen molar-refractivity contribution < 1.29 is 10.2 Å². The third-order valence-corrected chi connectivity index (χ3v) is 9.64. The van der Waals surface area contributed by atoms with Gasteiger partial charge >= 0.3 is 0 Å². The van der Waals surface area contributed by atoms with Gasteiger partial charge in [0.1, 0.15) is 0 Å². The van der Waals surface area contributed by atoms with Gasteiger partial charge in [0.2, 0.25) is 0 Å². The van der Waals surface area contributed by atoms with Crippen LogP contribution in [0.4, 0.5) is 0 Å². The molecule has 0 unspecified atom stereocenters. The van der Waals surface area contributed by atoms with Gasteiger partial charge < -0.3 is 10.2 Å². The lowest BCUT2D eigenvalue weighted by atomic mass is 9.48. The van der Waals surface area contributed by atoms with E-state index in [1.54, 1.807) is 0 Å². The van der Waals surface area contributed by atoms with E-state index < -0.39 is 0 Å². The Balaban J connectivity index is 1.47. The topological polar surface area (TPSA) is 40.5 Å². The number of aliphatic hydroxyl groups excluding tert-OH is 2. The van der Waals surface area contributed by atoms with Crippen LogP contribution in [0.25, 0.3) is 6.08 Å². The molecule has 0 aromatic heterocycles. The van der Waals surface area contributed by atoms with Crippen LogP contribution in [0, 0.1) is 28.6 Å². The van der Waals surface area contributed by atoms with Gasteiger partial charge in [-0.25, -0.2) is 0 Å². The van der Waals surface area contributed by atoms with E-state index in [0.29, 0.717) is 17.8 Å². The first-order valence-electron chi connectivity index (χ1n) is 11.3. The number of aliphatic hydroxyl groups is 2. The Kier molecular flexibility index (Phi) is 4.88. The van der Waals surface area contributed by atoms with Crippen LogP contribution in [0.5, 0.6) is 0 Å². The van der Waals surface area contributed by atoms with Crippen LogP contribution in [-0.4, -0.2) is 22.4 Å². The quantitative estimate of drug-likeness (QED) is 0.499. The van der Waals surface area contributed by atoms with Gasteiger partial charge in [0.15, 0.2) is 0 Å². The van der Waals surface area contributed by atoms with Crippen molar-refractivity contribution in [1.29, 1.82) is 0 Å². The van der Waals surface area contributed by atoms with Gasteiger partial charge in [0.25, 0.3) is 0 Å². The lowest BCUT2D eigenvalue weighted by molar-refractivity contribution is -0.0685. The van der Waals surface area contributed by atoms with Crippen LogP contribution >= 0.6 is 15.9 Å². The molecule has 0 amide bonds. The molecule has 0 spiro atoms. The number of fused-ring (bicyclic) bond motifs is 5. The van der Waals surface area contributed by atoms with Crippen molar-refractivity contribution in [2.24, 2.45) is 28.6 Å². The minimum absolute atomic E-state index is 0.00506. The second-order valence-electron chi connectivity index (χ2n) is 10.6. The molecule has 0 bridgehead atoms. The van der Waals surface area contributed by atoms with E-state index in [2.05, 4.69) is 60.1 Å². The van der Waals surface area contributed by atoms with E-state index in [4.69, 9.17) is 0 Å². The zero-order valence-corrected chi connectivity index (χ0v) is 19.2. The van der Waals surface area contributed by atoms with Gasteiger partial charge in [-0.05, 0) is 91.4 Å². The number of halogens is 1. The molecular weight excluding hydrogens is 424 g/mol. The average Bonchev–Trinajstić information content (AvgIpc) is 2.93. The summed E-state index contributed by atoms with van der Waals surface area (Å²) in [5.74, 6) is 1.91. The van der Waals surface area contributed by atoms with Gasteiger partial charge in [-0.1, -0.05) is 59.6 Å². The van der Waals surface area contributed by atoms with Crippen LogP contribution in [-0.2, 0) is 0 Å². The smallest absolute Gasteiger partial charge is 0.0809 e. The van der Waals surface area contributed by atoms with Crippen LogP contribution in [0.1, 0.15) is 64.4 Å². The van der Waals surface area contributed by atoms with Gasteiger partial charge in [-0.3, -0.25) is 0 Å². The molecule has 2 nitrogen and oxygen atoms in total. The van der Waals surface area contributed by atoms with Crippen LogP contribution < -0.4 is 0 Å². The highest BCUT2D eigenvalue weighted by Crippen LogP contribution is 2.65. The van der Waals surface area contributed by atoms with Gasteiger partial charge in [0, 0.05) is 9.89 Å². The summed E-state index contributed by atoms with van der Waals surface area (Å²) in [4.78, 5) is 0. The van der Waals surface area contributed by atoms with Gasteiger partial charge in [-0.2, -0.15) is 0 Å². The van der Waals surface area contributed by atoms with Crippen molar-refractivity contribution >= 4 is 22.0 Å². The average molecular weight is 457 g/mol. The summed E-state index contributed by atoms with van der Waals surface area (Å²) in [7, 11) is 0. The first-order valence-corrected chi connectivity index (χ1v) is 12.1. The minimum atomic E-state index is -0.334. The first kappa shape index (κ1) is 20.0. The summed E-state index contributed by atoms with van der Waals surface area (Å²) in [5, 5.41) is 21.6. The molecule has 3 saturated carbocycles. The fourth-order valence-corrected chi connectivity index (χ4v) is 7.87. The standard InChI is InChI=1S/C26H33BrO2/c1-25-10-8-20(28)15-18(25)6-7-21-22(25)9-11-26(2)23(21)14-17(24(26)29)12-16-4-3-5-19(27)13-16/h3-6,12-13,20-24,28-29H,7-11,14-15H2,1-2H3/b17-12-/t20-,21-,22+,23+,24-,25-,26+/m0/s1. The van der Waals surface area contributed by atoms with Crippen LogP contribution in [0.2, 0.25) is 0 Å². The fourth-order valence-electron chi connectivity index (χ4n) is 7.45. The molecule has 3 heteroatoms. The van der Waals surface area contributed by atoms with E-state index in [9.17, 15) is 10.2 Å². The lowest BCUT2D eigenvalue weighted by Gasteiger charge is -2.57. The molecule has 156 valence electrons. The van der Waals surface area contributed by atoms with Crippen molar-refractivity contribution in [2.45, 2.75) is 71.0 Å². The summed E-state index contributed by atoms with van der Waals surface area (Å²) in [6, 6.07) is 8.37. The first-order chi connectivity index (χ1) is 13.8. The second-order valence-corrected chi connectivity index (χ2v) is 11.5. The SMILES string of the molecule is C[C@@]12CC[C@@H]3[C@H](CC=C4C[C@@H](O)CC[C@@]43C)[C@H]1C/C(=C/c1cccc(Br)c1)[C@@H]2O. The Morgan fingerprint density at radius 2 is 1.90 bits per heavy atom. The molecule has 1 aromatic carbocycles. The predicted molar refractivity (Wildman–Crippen MR) is 121 cm³/mol. The maximum Gasteiger partial charge on any atom is 0.0809 e. The molecule has 2 N–H and O–H groups in total. The maximum atomic E-state index is 11.4. The van der Waals surface area contributed by atoms with Crippen LogP contribution in [0.3, 0.4) is 0 Å².